The monoisotopic (exact) mass is 436 g/mol. The molecule has 7 nitrogen and oxygen atoms in total. The summed E-state index contributed by atoms with van der Waals surface area (Å²) in [6.45, 7) is 7.02. The van der Waals surface area contributed by atoms with Crippen LogP contribution in [0.25, 0.3) is 11.3 Å². The van der Waals surface area contributed by atoms with Gasteiger partial charge in [-0.1, -0.05) is 12.1 Å². The summed E-state index contributed by atoms with van der Waals surface area (Å²) < 4.78 is 11.7. The molecule has 2 saturated heterocycles. The number of aromatic nitrogens is 2. The largest absolute Gasteiger partial charge is 0.473 e. The molecule has 1 aliphatic carbocycles. The number of nitrogens with one attached hydrogen (secondary N) is 1. The Labute approximate surface area is 189 Å². The lowest BCUT2D eigenvalue weighted by atomic mass is 10.00. The third-order valence-electron chi connectivity index (χ3n) is 7.07. The van der Waals surface area contributed by atoms with Crippen molar-refractivity contribution in [3.8, 4) is 17.1 Å². The second kappa shape index (κ2) is 9.55. The molecule has 7 heteroatoms. The first-order chi connectivity index (χ1) is 15.6. The zero-order valence-corrected chi connectivity index (χ0v) is 18.7. The Morgan fingerprint density at radius 2 is 1.78 bits per heavy atom. The van der Waals surface area contributed by atoms with E-state index in [1.807, 2.05) is 36.4 Å². The minimum absolute atomic E-state index is 0.0814. The Morgan fingerprint density at radius 1 is 1.06 bits per heavy atom. The zero-order chi connectivity index (χ0) is 21.9. The average Bonchev–Trinajstić information content (AvgIpc) is 3.33. The van der Waals surface area contributed by atoms with Gasteiger partial charge in [-0.25, -0.2) is 0 Å². The van der Waals surface area contributed by atoms with Gasteiger partial charge >= 0.3 is 0 Å². The first kappa shape index (κ1) is 21.3. The number of carbonyl (C=O) groups excluding carboxylic acids is 1. The van der Waals surface area contributed by atoms with Crippen molar-refractivity contribution in [2.45, 2.75) is 38.7 Å². The predicted octanol–water partition coefficient (Wildman–Crippen LogP) is 3.62. The van der Waals surface area contributed by atoms with Crippen LogP contribution in [-0.2, 0) is 9.53 Å². The van der Waals surface area contributed by atoms with E-state index in [0.717, 1.165) is 60.8 Å². The fourth-order valence-corrected chi connectivity index (χ4v) is 5.52. The molecule has 3 aliphatic rings. The van der Waals surface area contributed by atoms with Crippen LogP contribution in [0.3, 0.4) is 0 Å². The van der Waals surface area contributed by atoms with E-state index in [9.17, 15) is 4.79 Å². The molecular weight excluding hydrogens is 404 g/mol. The molecule has 1 amide bonds. The van der Waals surface area contributed by atoms with Gasteiger partial charge in [-0.2, -0.15) is 0 Å². The molecule has 1 saturated carbocycles. The van der Waals surface area contributed by atoms with Gasteiger partial charge in [0, 0.05) is 57.1 Å². The van der Waals surface area contributed by atoms with E-state index < -0.39 is 0 Å². The van der Waals surface area contributed by atoms with Crippen LogP contribution in [0.15, 0.2) is 36.4 Å². The van der Waals surface area contributed by atoms with Crippen LogP contribution >= 0.6 is 0 Å². The second-order valence-electron chi connectivity index (χ2n) is 9.52. The van der Waals surface area contributed by atoms with Crippen LogP contribution < -0.4 is 10.1 Å². The highest BCUT2D eigenvalue weighted by molar-refractivity contribution is 5.88. The van der Waals surface area contributed by atoms with Gasteiger partial charge in [-0.05, 0) is 61.6 Å². The molecule has 1 unspecified atom stereocenters. The maximum atomic E-state index is 11.2. The molecule has 5 rings (SSSR count). The standard InChI is InChI=1S/C25H32N4O3/c1-17(30)26-22-4-2-19(3-5-22)24-6-7-25(28-27-24)32-23-12-20-15-29(16-21(20)13-23)14-18-8-10-31-11-9-18/h2-7,18,20-21,23H,8-16H2,1H3,(H,26,30)/t20-,21+,23?. The molecule has 3 heterocycles. The van der Waals surface area contributed by atoms with Crippen LogP contribution in [0.1, 0.15) is 32.6 Å². The Hall–Kier alpha value is -2.51. The highest BCUT2D eigenvalue weighted by atomic mass is 16.5. The number of fused-ring (bicyclic) bond motifs is 1. The van der Waals surface area contributed by atoms with Crippen molar-refractivity contribution in [3.05, 3.63) is 36.4 Å². The molecule has 0 bridgehead atoms. The number of hydrogen-bond donors (Lipinski definition) is 1. The topological polar surface area (TPSA) is 76.6 Å². The normalized spacial score (nSPS) is 26.1. The van der Waals surface area contributed by atoms with E-state index in [2.05, 4.69) is 20.4 Å². The van der Waals surface area contributed by atoms with Crippen LogP contribution in [-0.4, -0.2) is 60.0 Å². The number of likely N-dealkylation sites (tertiary alicyclic amines) is 1. The van der Waals surface area contributed by atoms with E-state index >= 15 is 0 Å². The molecule has 1 aromatic carbocycles. The smallest absolute Gasteiger partial charge is 0.233 e. The molecule has 2 aliphatic heterocycles. The highest BCUT2D eigenvalue weighted by Crippen LogP contribution is 2.40. The maximum absolute atomic E-state index is 11.2. The molecule has 32 heavy (non-hydrogen) atoms. The van der Waals surface area contributed by atoms with Crippen molar-refractivity contribution in [2.24, 2.45) is 17.8 Å². The fourth-order valence-electron chi connectivity index (χ4n) is 5.52. The summed E-state index contributed by atoms with van der Waals surface area (Å²) in [6.07, 6.45) is 4.90. The zero-order valence-electron chi connectivity index (χ0n) is 18.7. The van der Waals surface area contributed by atoms with Crippen LogP contribution in [0.5, 0.6) is 5.88 Å². The summed E-state index contributed by atoms with van der Waals surface area (Å²) in [5.41, 5.74) is 2.52. The van der Waals surface area contributed by atoms with Crippen LogP contribution in [0.2, 0.25) is 0 Å². The number of benzene rings is 1. The molecule has 3 fully saturated rings. The van der Waals surface area contributed by atoms with E-state index in [1.165, 1.54) is 39.4 Å². The molecule has 170 valence electrons. The van der Waals surface area contributed by atoms with Gasteiger partial charge < -0.3 is 19.7 Å². The van der Waals surface area contributed by atoms with E-state index in [1.54, 1.807) is 0 Å². The van der Waals surface area contributed by atoms with Gasteiger partial charge in [0.15, 0.2) is 0 Å². The summed E-state index contributed by atoms with van der Waals surface area (Å²) in [4.78, 5) is 13.8. The molecule has 1 aromatic heterocycles. The Morgan fingerprint density at radius 3 is 2.41 bits per heavy atom. The molecule has 3 atom stereocenters. The SMILES string of the molecule is CC(=O)Nc1ccc(-c2ccc(OC3C[C@@H]4CN(CC5CCOCC5)C[C@@H]4C3)nn2)cc1. The first-order valence-corrected chi connectivity index (χ1v) is 11.8. The van der Waals surface area contributed by atoms with Gasteiger partial charge in [-0.15, -0.1) is 10.2 Å². The second-order valence-corrected chi connectivity index (χ2v) is 9.52. The fraction of sp³-hybridized carbons (Fsp3) is 0.560. The third-order valence-corrected chi connectivity index (χ3v) is 7.07. The molecule has 0 spiro atoms. The van der Waals surface area contributed by atoms with Gasteiger partial charge in [0.05, 0.1) is 5.69 Å². The molecule has 2 aromatic rings. The minimum Gasteiger partial charge on any atom is -0.473 e. The Kier molecular flexibility index (Phi) is 6.37. The van der Waals surface area contributed by atoms with Gasteiger partial charge in [-0.3, -0.25) is 4.79 Å². The first-order valence-electron chi connectivity index (χ1n) is 11.8. The van der Waals surface area contributed by atoms with Crippen molar-refractivity contribution in [1.29, 1.82) is 0 Å². The molecule has 0 radical (unpaired) electrons. The summed E-state index contributed by atoms with van der Waals surface area (Å²) in [5, 5.41) is 11.4. The summed E-state index contributed by atoms with van der Waals surface area (Å²) in [7, 11) is 0. The number of hydrogen-bond acceptors (Lipinski definition) is 6. The number of amides is 1. The summed E-state index contributed by atoms with van der Waals surface area (Å²) in [5.74, 6) is 2.82. The number of anilines is 1. The predicted molar refractivity (Wildman–Crippen MR) is 122 cm³/mol. The lowest BCUT2D eigenvalue weighted by Gasteiger charge is -2.27. The number of ether oxygens (including phenoxy) is 2. The quantitative estimate of drug-likeness (QED) is 0.745. The van der Waals surface area contributed by atoms with Crippen molar-refractivity contribution < 1.29 is 14.3 Å². The van der Waals surface area contributed by atoms with Crippen molar-refractivity contribution in [1.82, 2.24) is 15.1 Å². The van der Waals surface area contributed by atoms with Crippen molar-refractivity contribution >= 4 is 11.6 Å². The average molecular weight is 437 g/mol. The molecule has 1 N–H and O–H groups in total. The van der Waals surface area contributed by atoms with E-state index in [4.69, 9.17) is 9.47 Å². The van der Waals surface area contributed by atoms with Crippen molar-refractivity contribution in [3.63, 3.8) is 0 Å². The number of rotatable bonds is 6. The van der Waals surface area contributed by atoms with Crippen molar-refractivity contribution in [2.75, 3.05) is 38.2 Å². The maximum Gasteiger partial charge on any atom is 0.233 e. The minimum atomic E-state index is -0.0814. The highest BCUT2D eigenvalue weighted by Gasteiger charge is 2.42. The van der Waals surface area contributed by atoms with Gasteiger partial charge in [0.2, 0.25) is 11.8 Å². The van der Waals surface area contributed by atoms with E-state index in [-0.39, 0.29) is 12.0 Å². The van der Waals surface area contributed by atoms with Crippen LogP contribution in [0, 0.1) is 17.8 Å². The Balaban J connectivity index is 1.11. The van der Waals surface area contributed by atoms with Crippen LogP contribution in [0.4, 0.5) is 5.69 Å². The van der Waals surface area contributed by atoms with Gasteiger partial charge in [0.1, 0.15) is 6.10 Å². The lowest BCUT2D eigenvalue weighted by molar-refractivity contribution is -0.114. The van der Waals surface area contributed by atoms with E-state index in [0.29, 0.717) is 5.88 Å². The van der Waals surface area contributed by atoms with Gasteiger partial charge in [0.25, 0.3) is 0 Å². The summed E-state index contributed by atoms with van der Waals surface area (Å²) in [6, 6.07) is 11.5. The third kappa shape index (κ3) is 5.10. The lowest BCUT2D eigenvalue weighted by Crippen LogP contribution is -2.32. The number of nitrogens with zero attached hydrogens (tertiary/aromatic N) is 3. The number of carbonyl (C=O) groups is 1. The summed E-state index contributed by atoms with van der Waals surface area (Å²) >= 11 is 0. The molecular formula is C25H32N4O3. The Bertz CT molecular complexity index is 898.